The van der Waals surface area contributed by atoms with E-state index in [1.54, 1.807) is 6.08 Å². The standard InChI is InChI=1S/C25H20ClN3O4/c1-2-28(16-18-6-4-3-5-7-18)21-10-8-17(9-11-21)12-23-25(30)33-24(27-23)19-13-20(26)15-22(14-19)29(31)32/h3-15H,2,16H2,1H3. The summed E-state index contributed by atoms with van der Waals surface area (Å²) in [6, 6.07) is 22.0. The molecule has 166 valence electrons. The van der Waals surface area contributed by atoms with Crippen LogP contribution in [0, 0.1) is 10.1 Å². The molecule has 0 saturated heterocycles. The van der Waals surface area contributed by atoms with Gasteiger partial charge < -0.3 is 9.64 Å². The zero-order valence-corrected chi connectivity index (χ0v) is 18.5. The van der Waals surface area contributed by atoms with E-state index in [9.17, 15) is 14.9 Å². The number of non-ortho nitro benzene ring substituents is 1. The molecule has 3 aromatic carbocycles. The third-order valence-corrected chi connectivity index (χ3v) is 5.34. The fourth-order valence-electron chi connectivity index (χ4n) is 3.46. The Labute approximate surface area is 195 Å². The van der Waals surface area contributed by atoms with E-state index in [1.807, 2.05) is 42.5 Å². The van der Waals surface area contributed by atoms with Gasteiger partial charge in [-0.3, -0.25) is 10.1 Å². The van der Waals surface area contributed by atoms with Crippen molar-refractivity contribution in [2.24, 2.45) is 4.99 Å². The second-order valence-corrected chi connectivity index (χ2v) is 7.82. The Morgan fingerprint density at radius 2 is 1.82 bits per heavy atom. The van der Waals surface area contributed by atoms with Gasteiger partial charge >= 0.3 is 5.97 Å². The number of halogens is 1. The van der Waals surface area contributed by atoms with E-state index in [0.717, 1.165) is 24.3 Å². The maximum absolute atomic E-state index is 12.3. The second kappa shape index (κ2) is 9.67. The van der Waals surface area contributed by atoms with Gasteiger partial charge in [-0.05, 0) is 42.3 Å². The number of carbonyl (C=O) groups is 1. The fourth-order valence-corrected chi connectivity index (χ4v) is 3.69. The largest absolute Gasteiger partial charge is 0.402 e. The summed E-state index contributed by atoms with van der Waals surface area (Å²) in [4.78, 5) is 29.3. The van der Waals surface area contributed by atoms with Crippen molar-refractivity contribution in [1.82, 2.24) is 0 Å². The smallest absolute Gasteiger partial charge is 0.363 e. The minimum absolute atomic E-state index is 0.0199. The Morgan fingerprint density at radius 1 is 1.09 bits per heavy atom. The monoisotopic (exact) mass is 461 g/mol. The number of nitrogens with zero attached hydrogens (tertiary/aromatic N) is 3. The van der Waals surface area contributed by atoms with Gasteiger partial charge in [0.05, 0.1) is 4.92 Å². The zero-order chi connectivity index (χ0) is 23.4. The maximum atomic E-state index is 12.3. The van der Waals surface area contributed by atoms with Crippen LogP contribution < -0.4 is 4.90 Å². The molecular weight excluding hydrogens is 442 g/mol. The van der Waals surface area contributed by atoms with E-state index in [1.165, 1.54) is 23.8 Å². The fraction of sp³-hybridized carbons (Fsp3) is 0.120. The lowest BCUT2D eigenvalue weighted by Crippen LogP contribution is -2.21. The van der Waals surface area contributed by atoms with Gasteiger partial charge in [-0.2, -0.15) is 0 Å². The van der Waals surface area contributed by atoms with Gasteiger partial charge in [-0.15, -0.1) is 0 Å². The average molecular weight is 462 g/mol. The number of aliphatic imine (C=N–C) groups is 1. The number of esters is 1. The van der Waals surface area contributed by atoms with Crippen molar-refractivity contribution >= 4 is 40.9 Å². The molecule has 0 fully saturated rings. The van der Waals surface area contributed by atoms with Crippen molar-refractivity contribution in [2.45, 2.75) is 13.5 Å². The highest BCUT2D eigenvalue weighted by Gasteiger charge is 2.26. The number of cyclic esters (lactones) is 1. The summed E-state index contributed by atoms with van der Waals surface area (Å²) in [6.45, 7) is 3.74. The Kier molecular flexibility index (Phi) is 6.51. The Morgan fingerprint density at radius 3 is 2.48 bits per heavy atom. The van der Waals surface area contributed by atoms with Crippen LogP contribution in [-0.2, 0) is 16.1 Å². The molecule has 0 spiro atoms. The summed E-state index contributed by atoms with van der Waals surface area (Å²) in [5, 5.41) is 11.2. The van der Waals surface area contributed by atoms with Gasteiger partial charge in [-0.1, -0.05) is 54.1 Å². The topological polar surface area (TPSA) is 85.0 Å². The minimum Gasteiger partial charge on any atom is -0.402 e. The van der Waals surface area contributed by atoms with Crippen LogP contribution in [0.5, 0.6) is 0 Å². The molecule has 0 bridgehead atoms. The third kappa shape index (κ3) is 5.27. The average Bonchev–Trinajstić information content (AvgIpc) is 3.18. The Hall–Kier alpha value is -3.97. The van der Waals surface area contributed by atoms with Crippen LogP contribution in [0.25, 0.3) is 6.08 Å². The molecule has 7 nitrogen and oxygen atoms in total. The highest BCUT2D eigenvalue weighted by molar-refractivity contribution is 6.31. The van der Waals surface area contributed by atoms with Crippen LogP contribution in [0.15, 0.2) is 83.5 Å². The molecule has 1 aliphatic rings. The minimum atomic E-state index is -0.629. The molecule has 0 amide bonds. The first-order valence-corrected chi connectivity index (χ1v) is 10.7. The molecule has 1 heterocycles. The molecule has 0 N–H and O–H groups in total. The van der Waals surface area contributed by atoms with Crippen molar-refractivity contribution in [3.05, 3.63) is 110 Å². The van der Waals surface area contributed by atoms with E-state index in [2.05, 4.69) is 28.9 Å². The number of hydrogen-bond acceptors (Lipinski definition) is 6. The molecule has 4 rings (SSSR count). The highest BCUT2D eigenvalue weighted by atomic mass is 35.5. The van der Waals surface area contributed by atoms with Crippen molar-refractivity contribution in [1.29, 1.82) is 0 Å². The van der Waals surface area contributed by atoms with Crippen LogP contribution in [0.4, 0.5) is 11.4 Å². The normalized spacial score (nSPS) is 14.2. The predicted molar refractivity (Wildman–Crippen MR) is 128 cm³/mol. The number of anilines is 1. The van der Waals surface area contributed by atoms with Crippen molar-refractivity contribution in [3.63, 3.8) is 0 Å². The molecule has 0 atom stereocenters. The van der Waals surface area contributed by atoms with Gasteiger partial charge in [-0.25, -0.2) is 9.79 Å². The Bertz CT molecular complexity index is 1250. The van der Waals surface area contributed by atoms with Gasteiger partial charge in [0.15, 0.2) is 5.70 Å². The number of benzene rings is 3. The van der Waals surface area contributed by atoms with Crippen LogP contribution in [0.2, 0.25) is 5.02 Å². The molecule has 1 aliphatic heterocycles. The summed E-state index contributed by atoms with van der Waals surface area (Å²) >= 11 is 5.96. The van der Waals surface area contributed by atoms with Gasteiger partial charge in [0, 0.05) is 41.5 Å². The maximum Gasteiger partial charge on any atom is 0.363 e. The summed E-state index contributed by atoms with van der Waals surface area (Å²) in [5.74, 6) is -0.649. The molecule has 8 heteroatoms. The molecule has 0 aliphatic carbocycles. The second-order valence-electron chi connectivity index (χ2n) is 7.38. The van der Waals surface area contributed by atoms with Crippen LogP contribution in [0.1, 0.15) is 23.6 Å². The van der Waals surface area contributed by atoms with Gasteiger partial charge in [0.2, 0.25) is 5.90 Å². The number of carbonyl (C=O) groups excluding carboxylic acids is 1. The van der Waals surface area contributed by atoms with Crippen LogP contribution in [-0.4, -0.2) is 23.3 Å². The van der Waals surface area contributed by atoms with E-state index >= 15 is 0 Å². The van der Waals surface area contributed by atoms with E-state index in [4.69, 9.17) is 16.3 Å². The van der Waals surface area contributed by atoms with E-state index < -0.39 is 10.9 Å². The first kappa shape index (κ1) is 22.2. The molecule has 33 heavy (non-hydrogen) atoms. The Balaban J connectivity index is 1.55. The van der Waals surface area contributed by atoms with Crippen molar-refractivity contribution in [2.75, 3.05) is 11.4 Å². The SMILES string of the molecule is CCN(Cc1ccccc1)c1ccc(C=C2N=C(c3cc(Cl)cc([N+](=O)[O-])c3)OC2=O)cc1. The number of nitro benzene ring substituents is 1. The van der Waals surface area contributed by atoms with Crippen LogP contribution in [0.3, 0.4) is 0 Å². The van der Waals surface area contributed by atoms with E-state index in [0.29, 0.717) is 0 Å². The predicted octanol–water partition coefficient (Wildman–Crippen LogP) is 5.62. The summed E-state index contributed by atoms with van der Waals surface area (Å²) in [5.41, 5.74) is 3.23. The number of hydrogen-bond donors (Lipinski definition) is 0. The first-order valence-electron chi connectivity index (χ1n) is 10.3. The van der Waals surface area contributed by atoms with Crippen molar-refractivity contribution < 1.29 is 14.5 Å². The number of rotatable bonds is 7. The lowest BCUT2D eigenvalue weighted by Gasteiger charge is -2.23. The lowest BCUT2D eigenvalue weighted by atomic mass is 10.1. The van der Waals surface area contributed by atoms with Crippen molar-refractivity contribution in [3.8, 4) is 0 Å². The lowest BCUT2D eigenvalue weighted by molar-refractivity contribution is -0.384. The summed E-state index contributed by atoms with van der Waals surface area (Å²) < 4.78 is 5.22. The molecule has 0 saturated carbocycles. The van der Waals surface area contributed by atoms with Gasteiger partial charge in [0.25, 0.3) is 5.69 Å². The van der Waals surface area contributed by atoms with Crippen LogP contribution >= 0.6 is 11.6 Å². The molecular formula is C25H20ClN3O4. The number of ether oxygens (including phenoxy) is 1. The zero-order valence-electron chi connectivity index (χ0n) is 17.8. The van der Waals surface area contributed by atoms with E-state index in [-0.39, 0.29) is 27.9 Å². The highest BCUT2D eigenvalue weighted by Crippen LogP contribution is 2.26. The third-order valence-electron chi connectivity index (χ3n) is 5.12. The molecule has 3 aromatic rings. The molecule has 0 unspecified atom stereocenters. The molecule has 0 aromatic heterocycles. The first-order chi connectivity index (χ1) is 15.9. The summed E-state index contributed by atoms with van der Waals surface area (Å²) in [6.07, 6.45) is 1.62. The number of nitro groups is 1. The summed E-state index contributed by atoms with van der Waals surface area (Å²) in [7, 11) is 0. The molecule has 0 radical (unpaired) electrons. The quantitative estimate of drug-likeness (QED) is 0.197. The van der Waals surface area contributed by atoms with Gasteiger partial charge in [0.1, 0.15) is 0 Å².